The predicted molar refractivity (Wildman–Crippen MR) is 151 cm³/mol. The van der Waals surface area contributed by atoms with Crippen molar-refractivity contribution in [2.45, 2.75) is 97.3 Å². The number of amides is 2. The lowest BCUT2D eigenvalue weighted by molar-refractivity contribution is -0.130. The van der Waals surface area contributed by atoms with Gasteiger partial charge in [-0.2, -0.15) is 0 Å². The fourth-order valence-corrected chi connectivity index (χ4v) is 9.35. The van der Waals surface area contributed by atoms with Crippen molar-refractivity contribution in [3.8, 4) is 0 Å². The van der Waals surface area contributed by atoms with Crippen LogP contribution in [0.4, 0.5) is 0 Å². The summed E-state index contributed by atoms with van der Waals surface area (Å²) in [6, 6.07) is 0. The van der Waals surface area contributed by atoms with E-state index >= 15 is 0 Å². The second-order valence-electron chi connectivity index (χ2n) is 10.1. The average Bonchev–Trinajstić information content (AvgIpc) is 3.11. The van der Waals surface area contributed by atoms with Crippen LogP contribution in [0.2, 0.25) is 0 Å². The van der Waals surface area contributed by atoms with E-state index in [1.165, 1.54) is 25.7 Å². The molecule has 12 nitrogen and oxygen atoms in total. The van der Waals surface area contributed by atoms with Crippen LogP contribution in [0.1, 0.15) is 97.3 Å². The van der Waals surface area contributed by atoms with E-state index in [1.54, 1.807) is 20.3 Å². The third kappa shape index (κ3) is 14.6. The van der Waals surface area contributed by atoms with E-state index in [-0.39, 0.29) is 13.1 Å². The topological polar surface area (TPSA) is 158 Å². The van der Waals surface area contributed by atoms with Crippen molar-refractivity contribution >= 4 is 26.9 Å². The largest absolute Gasteiger partial charge is 0.317 e. The van der Waals surface area contributed by atoms with Crippen molar-refractivity contribution in [3.05, 3.63) is 0 Å². The molecule has 2 saturated heterocycles. The highest BCUT2D eigenvalue weighted by Crippen LogP contribution is 2.54. The number of nitrogens with one attached hydrogen (secondary N) is 2. The first kappa shape index (κ1) is 36.2. The summed E-state index contributed by atoms with van der Waals surface area (Å²) in [7, 11) is -5.80. The SMILES string of the molecule is CCCCCCCP1(=O)OCCCCN1CC(=O)NO.CCCCCCCP1(=O)OCCCN1CC(=O)NO. The van der Waals surface area contributed by atoms with Gasteiger partial charge < -0.3 is 9.05 Å². The Kier molecular flexibility index (Phi) is 19.4. The molecule has 2 fully saturated rings. The molecule has 230 valence electrons. The molecular weight excluding hydrogens is 546 g/mol. The Hall–Kier alpha value is -0.840. The van der Waals surface area contributed by atoms with Crippen LogP contribution in [0.15, 0.2) is 0 Å². The highest BCUT2D eigenvalue weighted by atomic mass is 31.2. The van der Waals surface area contributed by atoms with Crippen molar-refractivity contribution in [1.82, 2.24) is 20.3 Å². The second-order valence-corrected chi connectivity index (χ2v) is 15.2. The summed E-state index contributed by atoms with van der Waals surface area (Å²) in [6.45, 7) is 6.32. The summed E-state index contributed by atoms with van der Waals surface area (Å²) in [4.78, 5) is 22.5. The number of carbonyl (C=O) groups excluding carboxylic acids is 2. The van der Waals surface area contributed by atoms with Gasteiger partial charge in [0.2, 0.25) is 0 Å². The van der Waals surface area contributed by atoms with Gasteiger partial charge in [0.25, 0.3) is 26.9 Å². The summed E-state index contributed by atoms with van der Waals surface area (Å²) in [5, 5.41) is 17.2. The van der Waals surface area contributed by atoms with Gasteiger partial charge in [0.05, 0.1) is 26.3 Å². The molecule has 4 N–H and O–H groups in total. The van der Waals surface area contributed by atoms with Gasteiger partial charge in [0, 0.05) is 25.4 Å². The number of hydrogen-bond donors (Lipinski definition) is 4. The molecule has 0 aromatic heterocycles. The van der Waals surface area contributed by atoms with Crippen LogP contribution in [-0.4, -0.2) is 83.3 Å². The van der Waals surface area contributed by atoms with Gasteiger partial charge in [0.15, 0.2) is 0 Å². The molecule has 0 aliphatic carbocycles. The molecule has 0 aromatic rings. The minimum Gasteiger partial charge on any atom is -0.317 e. The Morgan fingerprint density at radius 3 is 1.51 bits per heavy atom. The van der Waals surface area contributed by atoms with Crippen molar-refractivity contribution in [3.63, 3.8) is 0 Å². The van der Waals surface area contributed by atoms with Crippen LogP contribution in [0.3, 0.4) is 0 Å². The van der Waals surface area contributed by atoms with E-state index in [0.29, 0.717) is 38.6 Å². The molecule has 14 heteroatoms. The summed E-state index contributed by atoms with van der Waals surface area (Å²) in [5.41, 5.74) is 3.17. The highest BCUT2D eigenvalue weighted by molar-refractivity contribution is 7.56. The third-order valence-corrected chi connectivity index (χ3v) is 12.2. The Morgan fingerprint density at radius 1 is 0.667 bits per heavy atom. The van der Waals surface area contributed by atoms with Crippen molar-refractivity contribution < 1.29 is 38.2 Å². The smallest absolute Gasteiger partial charge is 0.272 e. The van der Waals surface area contributed by atoms with Crippen LogP contribution in [-0.2, 0) is 27.8 Å². The lowest BCUT2D eigenvalue weighted by Crippen LogP contribution is -2.38. The van der Waals surface area contributed by atoms with E-state index in [4.69, 9.17) is 19.5 Å². The van der Waals surface area contributed by atoms with Crippen LogP contribution >= 0.6 is 15.0 Å². The Labute approximate surface area is 234 Å². The number of unbranched alkanes of at least 4 members (excludes halogenated alkanes) is 8. The maximum Gasteiger partial charge on any atom is 0.272 e. The number of hydroxylamine groups is 2. The quantitative estimate of drug-likeness (QED) is 0.0811. The lowest BCUT2D eigenvalue weighted by Gasteiger charge is -2.34. The maximum absolute atomic E-state index is 12.9. The summed E-state index contributed by atoms with van der Waals surface area (Å²) in [5.74, 6) is -1.08. The maximum atomic E-state index is 12.9. The first-order chi connectivity index (χ1) is 18.7. The molecule has 2 aliphatic rings. The zero-order valence-corrected chi connectivity index (χ0v) is 25.8. The molecule has 2 rings (SSSR count). The molecule has 0 bridgehead atoms. The van der Waals surface area contributed by atoms with E-state index in [2.05, 4.69) is 13.8 Å². The lowest BCUT2D eigenvalue weighted by atomic mass is 10.2. The van der Waals surface area contributed by atoms with Crippen LogP contribution in [0.5, 0.6) is 0 Å². The number of hydrogen-bond acceptors (Lipinski definition) is 8. The second kappa shape index (κ2) is 20.9. The van der Waals surface area contributed by atoms with Gasteiger partial charge in [-0.05, 0) is 32.1 Å². The first-order valence-electron chi connectivity index (χ1n) is 14.6. The Balaban J connectivity index is 0.000000391. The molecule has 0 radical (unpaired) electrons. The molecule has 0 saturated carbocycles. The molecule has 2 atom stereocenters. The van der Waals surface area contributed by atoms with Crippen LogP contribution < -0.4 is 11.0 Å². The fraction of sp³-hybridized carbons (Fsp3) is 0.920. The van der Waals surface area contributed by atoms with Crippen molar-refractivity contribution in [2.75, 3.05) is 51.7 Å². The van der Waals surface area contributed by atoms with Gasteiger partial charge in [-0.3, -0.25) is 29.1 Å². The van der Waals surface area contributed by atoms with Crippen LogP contribution in [0, 0.1) is 0 Å². The van der Waals surface area contributed by atoms with E-state index in [9.17, 15) is 18.7 Å². The average molecular weight is 599 g/mol. The fourth-order valence-electron chi connectivity index (χ4n) is 4.54. The van der Waals surface area contributed by atoms with Crippen LogP contribution in [0.25, 0.3) is 0 Å². The minimum atomic E-state index is -2.92. The molecule has 2 unspecified atom stereocenters. The normalized spacial score (nSPS) is 24.3. The third-order valence-electron chi connectivity index (χ3n) is 6.81. The Morgan fingerprint density at radius 2 is 1.08 bits per heavy atom. The molecule has 0 spiro atoms. The highest BCUT2D eigenvalue weighted by Gasteiger charge is 2.36. The van der Waals surface area contributed by atoms with E-state index < -0.39 is 26.9 Å². The van der Waals surface area contributed by atoms with Crippen molar-refractivity contribution in [2.24, 2.45) is 0 Å². The summed E-state index contributed by atoms with van der Waals surface area (Å²) >= 11 is 0. The molecular formula is C25H52N4O8P2. The molecule has 39 heavy (non-hydrogen) atoms. The minimum absolute atomic E-state index is 0.0667. The monoisotopic (exact) mass is 598 g/mol. The number of carbonyl (C=O) groups is 2. The summed E-state index contributed by atoms with van der Waals surface area (Å²) < 4.78 is 39.8. The zero-order chi connectivity index (χ0) is 29.0. The van der Waals surface area contributed by atoms with Gasteiger partial charge in [-0.25, -0.2) is 20.3 Å². The van der Waals surface area contributed by atoms with Gasteiger partial charge in [-0.15, -0.1) is 0 Å². The molecule has 0 aromatic carbocycles. The standard InChI is InChI=1S/C13H27N2O4P.C12H25N2O4P/c1-2-3-4-5-8-11-20(18)15(12-13(16)14-17)9-6-7-10-19-20;1-2-3-4-5-6-10-19(17)14(8-7-9-18-19)11-12(15)13-16/h17H,2-12H2,1H3,(H,14,16);16H,2-11H2,1H3,(H,13,15). The number of rotatable bonds is 16. The van der Waals surface area contributed by atoms with E-state index in [0.717, 1.165) is 57.8 Å². The number of nitrogens with zero attached hydrogens (tertiary/aromatic N) is 2. The molecule has 2 heterocycles. The van der Waals surface area contributed by atoms with Crippen molar-refractivity contribution in [1.29, 1.82) is 0 Å². The Bertz CT molecular complexity index is 789. The molecule has 2 aliphatic heterocycles. The molecule has 2 amide bonds. The summed E-state index contributed by atoms with van der Waals surface area (Å²) in [6.07, 6.45) is 14.3. The van der Waals surface area contributed by atoms with E-state index in [1.807, 2.05) is 0 Å². The first-order valence-corrected chi connectivity index (χ1v) is 18.1. The zero-order valence-electron chi connectivity index (χ0n) is 24.0. The predicted octanol–water partition coefficient (Wildman–Crippen LogP) is 5.15. The van der Waals surface area contributed by atoms with Gasteiger partial charge in [-0.1, -0.05) is 65.2 Å². The van der Waals surface area contributed by atoms with Gasteiger partial charge in [0.1, 0.15) is 0 Å². The van der Waals surface area contributed by atoms with Gasteiger partial charge >= 0.3 is 0 Å².